The minimum absolute atomic E-state index is 0.337. The van der Waals surface area contributed by atoms with Crippen molar-refractivity contribution < 1.29 is 8.83 Å². The second kappa shape index (κ2) is 11.0. The summed E-state index contributed by atoms with van der Waals surface area (Å²) >= 11 is 0. The SMILES string of the molecule is CC1C=Cc2c(n(-c3nc(-c4ccc5ccccc5c4)c4ccccc4n3)c3c2c(-c2ccc4oc5ccccc5c4c2)cc2c4ccccc4oc23)C1. The molecule has 0 amide bonds. The average Bonchev–Trinajstić information content (AvgIpc) is 3.89. The molecule has 7 aromatic carbocycles. The first-order valence-corrected chi connectivity index (χ1v) is 18.5. The monoisotopic (exact) mass is 693 g/mol. The minimum atomic E-state index is 0.337. The molecule has 1 aliphatic rings. The number of para-hydroxylation sites is 3. The molecule has 4 aromatic heterocycles. The molecule has 4 heterocycles. The number of aromatic nitrogens is 3. The molecule has 0 N–H and O–H groups in total. The Morgan fingerprint density at radius 2 is 1.30 bits per heavy atom. The van der Waals surface area contributed by atoms with E-state index in [4.69, 9.17) is 18.8 Å². The molecule has 1 aliphatic carbocycles. The summed E-state index contributed by atoms with van der Waals surface area (Å²) in [4.78, 5) is 10.9. The molecule has 0 saturated heterocycles. The molecule has 5 heteroatoms. The smallest absolute Gasteiger partial charge is 0.235 e. The number of nitrogens with zero attached hydrogens (tertiary/aromatic N) is 3. The van der Waals surface area contributed by atoms with Crippen LogP contribution in [0.15, 0.2) is 154 Å². The lowest BCUT2D eigenvalue weighted by molar-refractivity contribution is 0.665. The van der Waals surface area contributed by atoms with Crippen molar-refractivity contribution in [2.75, 3.05) is 0 Å². The zero-order chi connectivity index (χ0) is 35.5. The summed E-state index contributed by atoms with van der Waals surface area (Å²) in [6, 6.07) is 49.0. The highest BCUT2D eigenvalue weighted by atomic mass is 16.3. The van der Waals surface area contributed by atoms with Crippen LogP contribution in [0, 0.1) is 5.92 Å². The van der Waals surface area contributed by atoms with Gasteiger partial charge in [0.2, 0.25) is 5.95 Å². The van der Waals surface area contributed by atoms with Crippen LogP contribution in [0.2, 0.25) is 0 Å². The highest BCUT2D eigenvalue weighted by Gasteiger charge is 2.29. The predicted molar refractivity (Wildman–Crippen MR) is 221 cm³/mol. The Morgan fingerprint density at radius 1 is 0.593 bits per heavy atom. The molecular weight excluding hydrogens is 663 g/mol. The highest BCUT2D eigenvalue weighted by Crippen LogP contribution is 2.47. The van der Waals surface area contributed by atoms with Gasteiger partial charge in [-0.1, -0.05) is 116 Å². The number of rotatable bonds is 3. The van der Waals surface area contributed by atoms with Gasteiger partial charge in [-0.25, -0.2) is 9.97 Å². The van der Waals surface area contributed by atoms with Crippen molar-refractivity contribution >= 4 is 82.5 Å². The zero-order valence-electron chi connectivity index (χ0n) is 29.4. The highest BCUT2D eigenvalue weighted by molar-refractivity contribution is 6.21. The fraction of sp³-hybridized carbons (Fsp3) is 0.0612. The molecule has 1 atom stereocenters. The third kappa shape index (κ3) is 4.21. The first-order valence-electron chi connectivity index (χ1n) is 18.5. The fourth-order valence-corrected chi connectivity index (χ4v) is 8.81. The van der Waals surface area contributed by atoms with E-state index in [1.54, 1.807) is 0 Å². The van der Waals surface area contributed by atoms with Gasteiger partial charge < -0.3 is 8.83 Å². The number of furan rings is 2. The normalized spacial score (nSPS) is 14.4. The number of benzene rings is 7. The van der Waals surface area contributed by atoms with Gasteiger partial charge in [0.25, 0.3) is 0 Å². The fourth-order valence-electron chi connectivity index (χ4n) is 8.81. The van der Waals surface area contributed by atoms with Crippen LogP contribution in [-0.2, 0) is 6.42 Å². The second-order valence-corrected chi connectivity index (χ2v) is 14.6. The van der Waals surface area contributed by atoms with Crippen molar-refractivity contribution in [2.24, 2.45) is 5.92 Å². The van der Waals surface area contributed by atoms with Crippen molar-refractivity contribution in [3.63, 3.8) is 0 Å². The molecule has 0 spiro atoms. The van der Waals surface area contributed by atoms with E-state index in [1.165, 1.54) is 22.0 Å². The lowest BCUT2D eigenvalue weighted by Crippen LogP contribution is -2.11. The van der Waals surface area contributed by atoms with Crippen LogP contribution >= 0.6 is 0 Å². The average molecular weight is 694 g/mol. The Bertz CT molecular complexity index is 3400. The Morgan fingerprint density at radius 3 is 2.17 bits per heavy atom. The summed E-state index contributed by atoms with van der Waals surface area (Å²) in [5, 5.41) is 8.89. The van der Waals surface area contributed by atoms with Crippen LogP contribution in [0.5, 0.6) is 0 Å². The molecular formula is C49H31N3O2. The van der Waals surface area contributed by atoms with E-state index < -0.39 is 0 Å². The van der Waals surface area contributed by atoms with E-state index in [0.29, 0.717) is 11.9 Å². The van der Waals surface area contributed by atoms with Gasteiger partial charge in [-0.15, -0.1) is 0 Å². The van der Waals surface area contributed by atoms with Gasteiger partial charge >= 0.3 is 0 Å². The van der Waals surface area contributed by atoms with Gasteiger partial charge in [-0.3, -0.25) is 4.57 Å². The van der Waals surface area contributed by atoms with Crippen LogP contribution in [0.25, 0.3) is 111 Å². The molecule has 0 fully saturated rings. The van der Waals surface area contributed by atoms with Crippen LogP contribution in [0.4, 0.5) is 0 Å². The molecule has 0 bridgehead atoms. The number of hydrogen-bond donors (Lipinski definition) is 0. The summed E-state index contributed by atoms with van der Waals surface area (Å²) in [5.74, 6) is 0.977. The largest absolute Gasteiger partial charge is 0.456 e. The molecule has 0 aliphatic heterocycles. The number of fused-ring (bicyclic) bond motifs is 12. The zero-order valence-corrected chi connectivity index (χ0v) is 29.4. The van der Waals surface area contributed by atoms with E-state index in [0.717, 1.165) is 94.5 Å². The number of allylic oxidation sites excluding steroid dienone is 1. The molecule has 11 aromatic rings. The van der Waals surface area contributed by atoms with Crippen LogP contribution in [-0.4, -0.2) is 14.5 Å². The Hall–Kier alpha value is -6.98. The number of hydrogen-bond acceptors (Lipinski definition) is 4. The topological polar surface area (TPSA) is 57.0 Å². The van der Waals surface area contributed by atoms with Crippen molar-refractivity contribution in [1.82, 2.24) is 14.5 Å². The third-order valence-electron chi connectivity index (χ3n) is 11.3. The van der Waals surface area contributed by atoms with E-state index >= 15 is 0 Å². The van der Waals surface area contributed by atoms with Crippen molar-refractivity contribution in [1.29, 1.82) is 0 Å². The Kier molecular flexibility index (Phi) is 6.03. The van der Waals surface area contributed by atoms with Crippen molar-refractivity contribution in [3.05, 3.63) is 157 Å². The molecule has 5 nitrogen and oxygen atoms in total. The standard InChI is InChI=1S/C49H31N3O2/c1-28-18-22-36-41(24-28)52(49-50-40-15-7-4-14-35(40)46(51-49)32-20-19-29-10-2-3-11-30(29)25-32)47-45(36)37(27-39-34-13-6-9-17-43(34)54-48(39)47)31-21-23-44-38(26-31)33-12-5-8-16-42(33)53-44/h2-23,25-28H,24H2,1H3. The summed E-state index contributed by atoms with van der Waals surface area (Å²) in [5.41, 5.74) is 11.9. The Labute approximate surface area is 309 Å². The van der Waals surface area contributed by atoms with E-state index in [1.807, 2.05) is 18.2 Å². The summed E-state index contributed by atoms with van der Waals surface area (Å²) in [6.45, 7) is 2.28. The van der Waals surface area contributed by atoms with Gasteiger partial charge in [-0.2, -0.15) is 0 Å². The molecule has 1 unspecified atom stereocenters. The predicted octanol–water partition coefficient (Wildman–Crippen LogP) is 13.1. The first kappa shape index (κ1) is 29.6. The van der Waals surface area contributed by atoms with Crippen LogP contribution in [0.3, 0.4) is 0 Å². The minimum Gasteiger partial charge on any atom is -0.456 e. The Balaban J connectivity index is 1.22. The van der Waals surface area contributed by atoms with E-state index in [-0.39, 0.29) is 0 Å². The molecule has 254 valence electrons. The van der Waals surface area contributed by atoms with Gasteiger partial charge in [0.1, 0.15) is 22.3 Å². The molecule has 0 saturated carbocycles. The second-order valence-electron chi connectivity index (χ2n) is 14.6. The van der Waals surface area contributed by atoms with Crippen molar-refractivity contribution in [3.8, 4) is 28.3 Å². The summed E-state index contributed by atoms with van der Waals surface area (Å²) in [6.07, 6.45) is 5.47. The summed E-state index contributed by atoms with van der Waals surface area (Å²) < 4.78 is 15.5. The maximum Gasteiger partial charge on any atom is 0.235 e. The van der Waals surface area contributed by atoms with E-state index in [9.17, 15) is 0 Å². The molecule has 0 radical (unpaired) electrons. The molecule has 12 rings (SSSR count). The lowest BCUT2D eigenvalue weighted by Gasteiger charge is -2.17. The van der Waals surface area contributed by atoms with Crippen molar-refractivity contribution in [2.45, 2.75) is 13.3 Å². The van der Waals surface area contributed by atoms with Crippen LogP contribution in [0.1, 0.15) is 18.2 Å². The van der Waals surface area contributed by atoms with Crippen LogP contribution < -0.4 is 0 Å². The van der Waals surface area contributed by atoms with Gasteiger partial charge in [0.05, 0.1) is 11.2 Å². The van der Waals surface area contributed by atoms with Gasteiger partial charge in [0, 0.05) is 49.1 Å². The third-order valence-corrected chi connectivity index (χ3v) is 11.3. The lowest BCUT2D eigenvalue weighted by atomic mass is 9.91. The summed E-state index contributed by atoms with van der Waals surface area (Å²) in [7, 11) is 0. The van der Waals surface area contributed by atoms with Gasteiger partial charge in [-0.05, 0) is 76.7 Å². The van der Waals surface area contributed by atoms with E-state index in [2.05, 4.69) is 145 Å². The quantitative estimate of drug-likeness (QED) is 0.185. The van der Waals surface area contributed by atoms with Gasteiger partial charge in [0.15, 0.2) is 5.58 Å². The first-order chi connectivity index (χ1) is 26.7. The molecule has 54 heavy (non-hydrogen) atoms. The maximum absolute atomic E-state index is 6.87. The maximum atomic E-state index is 6.87.